The van der Waals surface area contributed by atoms with Gasteiger partial charge < -0.3 is 4.74 Å². The Balaban J connectivity index is 1.52. The van der Waals surface area contributed by atoms with Gasteiger partial charge in [0.1, 0.15) is 5.75 Å². The van der Waals surface area contributed by atoms with Crippen LogP contribution < -0.4 is 10.2 Å². The first kappa shape index (κ1) is 23.6. The van der Waals surface area contributed by atoms with E-state index in [0.29, 0.717) is 11.7 Å². The predicted octanol–water partition coefficient (Wildman–Crippen LogP) is 6.86. The summed E-state index contributed by atoms with van der Waals surface area (Å²) < 4.78 is 6.62. The molecule has 1 N–H and O–H groups in total. The van der Waals surface area contributed by atoms with Crippen molar-refractivity contribution in [3.63, 3.8) is 0 Å². The third-order valence-corrected chi connectivity index (χ3v) is 5.73. The first-order chi connectivity index (χ1) is 16.5. The Hall–Kier alpha value is -3.51. The highest BCUT2D eigenvalue weighted by atomic mass is 79.9. The quantitative estimate of drug-likeness (QED) is 0.206. The number of ether oxygens (including phenoxy) is 1. The smallest absolute Gasteiger partial charge is 0.277 e. The van der Waals surface area contributed by atoms with Crippen LogP contribution in [0.3, 0.4) is 0 Å². The summed E-state index contributed by atoms with van der Waals surface area (Å²) in [6.07, 6.45) is 2.52. The van der Waals surface area contributed by atoms with Crippen molar-refractivity contribution in [3.8, 4) is 28.1 Å². The first-order valence-electron chi connectivity index (χ1n) is 11.2. The molecular formula is C28H26BrN3O2. The summed E-state index contributed by atoms with van der Waals surface area (Å²) in [5.41, 5.74) is 7.51. The third kappa shape index (κ3) is 6.08. The molecule has 3 aromatic carbocycles. The lowest BCUT2D eigenvalue weighted by molar-refractivity contribution is -0.123. The molecule has 172 valence electrons. The highest BCUT2D eigenvalue weighted by molar-refractivity contribution is 9.10. The Morgan fingerprint density at radius 1 is 1.03 bits per heavy atom. The van der Waals surface area contributed by atoms with Crippen molar-refractivity contribution in [2.75, 3.05) is 6.61 Å². The minimum atomic E-state index is -0.293. The van der Waals surface area contributed by atoms with Gasteiger partial charge in [-0.1, -0.05) is 60.1 Å². The van der Waals surface area contributed by atoms with E-state index in [2.05, 4.69) is 64.6 Å². The van der Waals surface area contributed by atoms with Gasteiger partial charge in [-0.2, -0.15) is 5.10 Å². The fourth-order valence-electron chi connectivity index (χ4n) is 3.49. The molecular weight excluding hydrogens is 490 g/mol. The second-order valence-corrected chi connectivity index (χ2v) is 9.29. The van der Waals surface area contributed by atoms with Crippen LogP contribution in [0.15, 0.2) is 88.4 Å². The largest absolute Gasteiger partial charge is 0.484 e. The highest BCUT2D eigenvalue weighted by Crippen LogP contribution is 2.34. The van der Waals surface area contributed by atoms with E-state index < -0.39 is 0 Å². The Labute approximate surface area is 208 Å². The minimum absolute atomic E-state index is 0.0976. The summed E-state index contributed by atoms with van der Waals surface area (Å²) in [5.74, 6) is 0.815. The van der Waals surface area contributed by atoms with Gasteiger partial charge in [-0.3, -0.25) is 4.79 Å². The summed E-state index contributed by atoms with van der Waals surface area (Å²) in [6, 6.07) is 26.1. The molecule has 0 saturated heterocycles. The number of benzene rings is 3. The van der Waals surface area contributed by atoms with Gasteiger partial charge in [0, 0.05) is 21.6 Å². The van der Waals surface area contributed by atoms with E-state index in [4.69, 9.17) is 9.72 Å². The zero-order chi connectivity index (χ0) is 23.9. The molecule has 0 spiro atoms. The molecule has 4 aromatic rings. The molecule has 0 saturated carbocycles. The molecule has 0 radical (unpaired) electrons. The Morgan fingerprint density at radius 2 is 1.79 bits per heavy atom. The molecule has 1 amide bonds. The van der Waals surface area contributed by atoms with Crippen molar-refractivity contribution in [3.05, 3.63) is 83.3 Å². The molecule has 0 bridgehead atoms. The molecule has 0 atom stereocenters. The summed E-state index contributed by atoms with van der Waals surface area (Å²) in [4.78, 5) is 16.8. The van der Waals surface area contributed by atoms with Crippen LogP contribution in [0.25, 0.3) is 33.3 Å². The number of rotatable bonds is 8. The van der Waals surface area contributed by atoms with Gasteiger partial charge in [0.25, 0.3) is 5.91 Å². The molecule has 0 fully saturated rings. The molecule has 0 aliphatic rings. The van der Waals surface area contributed by atoms with Crippen LogP contribution in [0.2, 0.25) is 0 Å². The Bertz CT molecular complexity index is 1300. The van der Waals surface area contributed by atoms with Gasteiger partial charge in [-0.25, -0.2) is 10.4 Å². The number of hydrogen-bond donors (Lipinski definition) is 1. The number of aromatic nitrogens is 1. The van der Waals surface area contributed by atoms with Crippen LogP contribution >= 0.6 is 15.9 Å². The summed E-state index contributed by atoms with van der Waals surface area (Å²) in [5, 5.41) is 5.01. The van der Waals surface area contributed by atoms with E-state index in [-0.39, 0.29) is 12.5 Å². The van der Waals surface area contributed by atoms with Gasteiger partial charge in [0.05, 0.1) is 11.2 Å². The van der Waals surface area contributed by atoms with Gasteiger partial charge in [0.2, 0.25) is 0 Å². The number of amides is 1. The number of carbonyl (C=O) groups excluding carboxylic acids is 1. The number of nitrogens with one attached hydrogen (secondary N) is 1. The van der Waals surface area contributed by atoms with Crippen LogP contribution in [-0.2, 0) is 4.79 Å². The Morgan fingerprint density at radius 3 is 2.53 bits per heavy atom. The van der Waals surface area contributed by atoms with E-state index >= 15 is 0 Å². The molecule has 34 heavy (non-hydrogen) atoms. The molecule has 1 aromatic heterocycles. The number of hydrogen-bond acceptors (Lipinski definition) is 4. The zero-order valence-electron chi connectivity index (χ0n) is 19.2. The normalized spacial score (nSPS) is 11.3. The number of hydrazone groups is 1. The van der Waals surface area contributed by atoms with Gasteiger partial charge in [0.15, 0.2) is 6.61 Å². The second-order valence-electron chi connectivity index (χ2n) is 8.37. The maximum atomic E-state index is 11.9. The maximum Gasteiger partial charge on any atom is 0.277 e. The van der Waals surface area contributed by atoms with Crippen molar-refractivity contribution in [2.45, 2.75) is 20.3 Å². The molecule has 6 heteroatoms. The van der Waals surface area contributed by atoms with Crippen LogP contribution in [0.4, 0.5) is 0 Å². The predicted molar refractivity (Wildman–Crippen MR) is 142 cm³/mol. The maximum absolute atomic E-state index is 11.9. The summed E-state index contributed by atoms with van der Waals surface area (Å²) in [7, 11) is 0. The highest BCUT2D eigenvalue weighted by Gasteiger charge is 2.11. The van der Waals surface area contributed by atoms with Gasteiger partial charge in [-0.05, 0) is 72.0 Å². The van der Waals surface area contributed by atoms with Crippen molar-refractivity contribution >= 4 is 39.0 Å². The topological polar surface area (TPSA) is 63.6 Å². The average Bonchev–Trinajstić information content (AvgIpc) is 2.85. The molecule has 5 nitrogen and oxygen atoms in total. The van der Waals surface area contributed by atoms with Crippen LogP contribution in [-0.4, -0.2) is 23.7 Å². The SMILES string of the molecule is CC(C)CC=NNC(=O)COc1ccc(-c2cc(-c3ccccc3)c3cc(Br)ccc3n2)cc1. The average molecular weight is 516 g/mol. The van der Waals surface area contributed by atoms with Crippen molar-refractivity contribution in [2.24, 2.45) is 11.0 Å². The van der Waals surface area contributed by atoms with E-state index in [9.17, 15) is 4.79 Å². The zero-order valence-corrected chi connectivity index (χ0v) is 20.7. The number of carbonyl (C=O) groups is 1. The molecule has 1 heterocycles. The van der Waals surface area contributed by atoms with Crippen molar-refractivity contribution in [1.82, 2.24) is 10.4 Å². The number of nitrogens with zero attached hydrogens (tertiary/aromatic N) is 2. The molecule has 0 aliphatic heterocycles. The lowest BCUT2D eigenvalue weighted by atomic mass is 9.98. The van der Waals surface area contributed by atoms with Gasteiger partial charge in [-0.15, -0.1) is 0 Å². The number of pyridine rings is 1. The first-order valence-corrected chi connectivity index (χ1v) is 12.0. The monoisotopic (exact) mass is 515 g/mol. The van der Waals surface area contributed by atoms with E-state index in [1.807, 2.05) is 54.6 Å². The number of halogens is 1. The lowest BCUT2D eigenvalue weighted by Crippen LogP contribution is -2.24. The minimum Gasteiger partial charge on any atom is -0.484 e. The summed E-state index contributed by atoms with van der Waals surface area (Å²) in [6.45, 7) is 4.09. The summed E-state index contributed by atoms with van der Waals surface area (Å²) >= 11 is 3.58. The Kier molecular flexibility index (Phi) is 7.70. The van der Waals surface area contributed by atoms with Crippen molar-refractivity contribution in [1.29, 1.82) is 0 Å². The van der Waals surface area contributed by atoms with Crippen LogP contribution in [0.5, 0.6) is 5.75 Å². The number of fused-ring (bicyclic) bond motifs is 1. The second kappa shape index (κ2) is 11.1. The van der Waals surface area contributed by atoms with Crippen molar-refractivity contribution < 1.29 is 9.53 Å². The van der Waals surface area contributed by atoms with Crippen LogP contribution in [0, 0.1) is 5.92 Å². The fourth-order valence-corrected chi connectivity index (χ4v) is 3.85. The van der Waals surface area contributed by atoms with E-state index in [1.54, 1.807) is 6.21 Å². The fraction of sp³-hybridized carbons (Fsp3) is 0.179. The standard InChI is InChI=1S/C28H26BrN3O2/c1-19(2)14-15-30-32-28(33)18-34-23-11-8-21(9-12-23)27-17-24(20-6-4-3-5-7-20)25-16-22(29)10-13-26(25)31-27/h3-13,15-17,19H,14,18H2,1-2H3,(H,32,33). The molecule has 0 unspecified atom stereocenters. The molecule has 0 aliphatic carbocycles. The molecule has 4 rings (SSSR count). The van der Waals surface area contributed by atoms with Gasteiger partial charge >= 0.3 is 0 Å². The third-order valence-electron chi connectivity index (χ3n) is 5.23. The van der Waals surface area contributed by atoms with E-state index in [0.717, 1.165) is 44.2 Å². The lowest BCUT2D eigenvalue weighted by Gasteiger charge is -2.11. The van der Waals surface area contributed by atoms with Crippen LogP contribution in [0.1, 0.15) is 20.3 Å². The van der Waals surface area contributed by atoms with E-state index in [1.165, 1.54) is 0 Å².